The number of hydrogen-bond acceptors (Lipinski definition) is 4. The Morgan fingerprint density at radius 2 is 2.00 bits per heavy atom. The minimum Gasteiger partial charge on any atom is -0.432 e. The Labute approximate surface area is 108 Å². The average molecular weight is 270 g/mol. The molecule has 19 heavy (non-hydrogen) atoms. The molecule has 1 aromatic rings. The first kappa shape index (κ1) is 13.4. The van der Waals surface area contributed by atoms with E-state index in [-0.39, 0.29) is 22.9 Å². The minimum absolute atomic E-state index is 0.213. The number of benzene rings is 1. The molecule has 0 aromatic heterocycles. The van der Waals surface area contributed by atoms with Crippen LogP contribution in [0.15, 0.2) is 23.4 Å². The summed E-state index contributed by atoms with van der Waals surface area (Å²) in [5.41, 5.74) is -0.0387. The number of amides is 1. The molecule has 0 unspecified atom stereocenters. The summed E-state index contributed by atoms with van der Waals surface area (Å²) in [6, 6.07) is 3.72. The van der Waals surface area contributed by atoms with Gasteiger partial charge in [-0.1, -0.05) is 0 Å². The predicted molar refractivity (Wildman–Crippen MR) is 63.7 cm³/mol. The van der Waals surface area contributed by atoms with Crippen LogP contribution < -0.4 is 4.74 Å². The summed E-state index contributed by atoms with van der Waals surface area (Å²) in [5, 5.41) is 2.59. The van der Waals surface area contributed by atoms with Gasteiger partial charge in [0.15, 0.2) is 5.75 Å². The highest BCUT2D eigenvalue weighted by Crippen LogP contribution is 2.30. The van der Waals surface area contributed by atoms with Crippen LogP contribution in [0.25, 0.3) is 0 Å². The van der Waals surface area contributed by atoms with Gasteiger partial charge in [0.25, 0.3) is 5.91 Å². The number of nitrogens with zero attached hydrogens (tertiary/aromatic N) is 2. The largest absolute Gasteiger partial charge is 0.432 e. The molecule has 1 saturated heterocycles. The number of alkyl halides is 2. The van der Waals surface area contributed by atoms with Crippen molar-refractivity contribution in [2.75, 3.05) is 13.1 Å². The van der Waals surface area contributed by atoms with Gasteiger partial charge < -0.3 is 9.64 Å². The molecule has 102 valence electrons. The molecule has 2 rings (SSSR count). The fraction of sp³-hybridized carbons (Fsp3) is 0.417. The molecule has 5 nitrogen and oxygen atoms in total. The van der Waals surface area contributed by atoms with E-state index in [0.29, 0.717) is 13.1 Å². The van der Waals surface area contributed by atoms with Crippen LogP contribution in [-0.4, -0.2) is 30.5 Å². The van der Waals surface area contributed by atoms with E-state index in [1.165, 1.54) is 12.1 Å². The highest BCUT2D eigenvalue weighted by molar-refractivity contribution is 5.95. The smallest absolute Gasteiger partial charge is 0.387 e. The van der Waals surface area contributed by atoms with Crippen molar-refractivity contribution in [3.63, 3.8) is 0 Å². The van der Waals surface area contributed by atoms with E-state index < -0.39 is 6.61 Å². The molecular weight excluding hydrogens is 258 g/mol. The number of hydrogen-bond donors (Lipinski definition) is 0. The third kappa shape index (κ3) is 3.04. The van der Waals surface area contributed by atoms with Crippen molar-refractivity contribution in [1.29, 1.82) is 0 Å². The summed E-state index contributed by atoms with van der Waals surface area (Å²) in [5.74, 6) is -0.635. The zero-order chi connectivity index (χ0) is 13.8. The van der Waals surface area contributed by atoms with Crippen LogP contribution in [0.2, 0.25) is 0 Å². The fourth-order valence-electron chi connectivity index (χ4n) is 2.02. The van der Waals surface area contributed by atoms with Gasteiger partial charge in [0.05, 0.1) is 0 Å². The number of nitroso groups, excluding NO2 is 1. The van der Waals surface area contributed by atoms with Crippen LogP contribution in [-0.2, 0) is 0 Å². The lowest BCUT2D eigenvalue weighted by Gasteiger charge is -2.16. The van der Waals surface area contributed by atoms with E-state index in [4.69, 9.17) is 0 Å². The maximum Gasteiger partial charge on any atom is 0.387 e. The lowest BCUT2D eigenvalue weighted by Crippen LogP contribution is -2.27. The van der Waals surface area contributed by atoms with Gasteiger partial charge in [0.2, 0.25) is 0 Å². The minimum atomic E-state index is -3.07. The Balaban J connectivity index is 2.26. The molecule has 0 radical (unpaired) electrons. The van der Waals surface area contributed by atoms with Gasteiger partial charge in [-0.2, -0.15) is 8.78 Å². The van der Waals surface area contributed by atoms with E-state index >= 15 is 0 Å². The van der Waals surface area contributed by atoms with Crippen molar-refractivity contribution in [2.45, 2.75) is 19.5 Å². The molecule has 1 amide bonds. The van der Waals surface area contributed by atoms with Crippen molar-refractivity contribution < 1.29 is 18.3 Å². The third-order valence-corrected chi connectivity index (χ3v) is 2.91. The Bertz CT molecular complexity index is 488. The quantitative estimate of drug-likeness (QED) is 0.790. The van der Waals surface area contributed by atoms with Crippen molar-refractivity contribution in [3.05, 3.63) is 28.7 Å². The Kier molecular flexibility index (Phi) is 4.03. The first-order chi connectivity index (χ1) is 9.11. The maximum absolute atomic E-state index is 12.2. The summed E-state index contributed by atoms with van der Waals surface area (Å²) >= 11 is 0. The second-order valence-electron chi connectivity index (χ2n) is 4.15. The van der Waals surface area contributed by atoms with Crippen LogP contribution in [0.3, 0.4) is 0 Å². The van der Waals surface area contributed by atoms with E-state index in [1.54, 1.807) is 4.90 Å². The normalized spacial score (nSPS) is 14.8. The summed E-state index contributed by atoms with van der Waals surface area (Å²) in [6.07, 6.45) is 1.86. The van der Waals surface area contributed by atoms with Crippen molar-refractivity contribution in [2.24, 2.45) is 5.18 Å². The third-order valence-electron chi connectivity index (χ3n) is 2.91. The molecule has 1 heterocycles. The van der Waals surface area contributed by atoms with Crippen LogP contribution in [0.5, 0.6) is 5.75 Å². The standard InChI is InChI=1S/C12H12F2N2O3/c13-12(14)19-10-7-8(3-4-9(10)15-18)11(17)16-5-1-2-6-16/h3-4,7,12H,1-2,5-6H2. The van der Waals surface area contributed by atoms with E-state index in [1.807, 2.05) is 0 Å². The number of halogens is 2. The molecule has 0 aliphatic carbocycles. The van der Waals surface area contributed by atoms with Crippen LogP contribution in [0.4, 0.5) is 14.5 Å². The molecule has 0 atom stereocenters. The van der Waals surface area contributed by atoms with Crippen molar-refractivity contribution in [1.82, 2.24) is 4.90 Å². The van der Waals surface area contributed by atoms with E-state index in [0.717, 1.165) is 18.9 Å². The summed E-state index contributed by atoms with van der Waals surface area (Å²) < 4.78 is 28.6. The Hall–Kier alpha value is -2.05. The molecule has 0 bridgehead atoms. The number of carbonyl (C=O) groups is 1. The van der Waals surface area contributed by atoms with Crippen LogP contribution in [0.1, 0.15) is 23.2 Å². The lowest BCUT2D eigenvalue weighted by molar-refractivity contribution is -0.0494. The van der Waals surface area contributed by atoms with E-state index in [9.17, 15) is 18.5 Å². The molecule has 0 spiro atoms. The predicted octanol–water partition coefficient (Wildman–Crippen LogP) is 2.92. The monoisotopic (exact) mass is 270 g/mol. The highest BCUT2D eigenvalue weighted by Gasteiger charge is 2.21. The summed E-state index contributed by atoms with van der Waals surface area (Å²) in [6.45, 7) is -1.77. The van der Waals surface area contributed by atoms with Crippen LogP contribution in [0, 0.1) is 4.91 Å². The van der Waals surface area contributed by atoms with E-state index in [2.05, 4.69) is 9.91 Å². The SMILES string of the molecule is O=Nc1ccc(C(=O)N2CCCC2)cc1OC(F)F. The Morgan fingerprint density at radius 3 is 2.58 bits per heavy atom. The zero-order valence-corrected chi connectivity index (χ0v) is 10.0. The second kappa shape index (κ2) is 5.73. The maximum atomic E-state index is 12.2. The number of rotatable bonds is 4. The topological polar surface area (TPSA) is 59.0 Å². The number of carbonyl (C=O) groups excluding carboxylic acids is 1. The van der Waals surface area contributed by atoms with Crippen molar-refractivity contribution >= 4 is 11.6 Å². The summed E-state index contributed by atoms with van der Waals surface area (Å²) in [7, 11) is 0. The molecule has 1 aromatic carbocycles. The zero-order valence-electron chi connectivity index (χ0n) is 10.0. The first-order valence-electron chi connectivity index (χ1n) is 5.83. The van der Waals surface area contributed by atoms with Gasteiger partial charge in [-0.05, 0) is 36.2 Å². The Morgan fingerprint density at radius 1 is 1.32 bits per heavy atom. The average Bonchev–Trinajstić information content (AvgIpc) is 2.91. The molecular formula is C12H12F2N2O3. The van der Waals surface area contributed by atoms with Crippen molar-refractivity contribution in [3.8, 4) is 5.75 Å². The number of likely N-dealkylation sites (tertiary alicyclic amines) is 1. The molecule has 1 fully saturated rings. The van der Waals surface area contributed by atoms with Gasteiger partial charge in [-0.3, -0.25) is 4.79 Å². The molecule has 0 N–H and O–H groups in total. The second-order valence-corrected chi connectivity index (χ2v) is 4.15. The van der Waals surface area contributed by atoms with Gasteiger partial charge >= 0.3 is 6.61 Å². The van der Waals surface area contributed by atoms with Crippen LogP contribution >= 0.6 is 0 Å². The van der Waals surface area contributed by atoms with Gasteiger partial charge in [-0.25, -0.2) is 0 Å². The molecule has 7 heteroatoms. The van der Waals surface area contributed by atoms with Gasteiger partial charge in [0, 0.05) is 18.7 Å². The molecule has 1 aliphatic rings. The number of ether oxygens (including phenoxy) is 1. The highest BCUT2D eigenvalue weighted by atomic mass is 19.3. The molecule has 0 saturated carbocycles. The lowest BCUT2D eigenvalue weighted by atomic mass is 10.1. The fourth-order valence-corrected chi connectivity index (χ4v) is 2.02. The van der Waals surface area contributed by atoms with Gasteiger partial charge in [0.1, 0.15) is 5.69 Å². The summed E-state index contributed by atoms with van der Waals surface area (Å²) in [4.78, 5) is 24.2. The van der Waals surface area contributed by atoms with Gasteiger partial charge in [-0.15, -0.1) is 4.91 Å². The first-order valence-corrected chi connectivity index (χ1v) is 5.83. The molecule has 1 aliphatic heterocycles.